The molecule has 1 aliphatic heterocycles. The quantitative estimate of drug-likeness (QED) is 0.308. The van der Waals surface area contributed by atoms with Gasteiger partial charge >= 0.3 is 0 Å². The van der Waals surface area contributed by atoms with Crippen LogP contribution in [0.15, 0.2) is 84.9 Å². The average Bonchev–Trinajstić information content (AvgIpc) is 3.02. The van der Waals surface area contributed by atoms with Gasteiger partial charge in [-0.3, -0.25) is 14.5 Å². The molecule has 2 aliphatic rings. The molecule has 0 unspecified atom stereocenters. The van der Waals surface area contributed by atoms with Gasteiger partial charge in [-0.1, -0.05) is 105 Å². The lowest BCUT2D eigenvalue weighted by molar-refractivity contribution is -0.120. The zero-order chi connectivity index (χ0) is 28.4. The van der Waals surface area contributed by atoms with E-state index in [9.17, 15) is 9.59 Å². The molecule has 1 aliphatic carbocycles. The molecule has 0 bridgehead atoms. The highest BCUT2D eigenvalue weighted by molar-refractivity contribution is 7.80. The molecule has 2 amide bonds. The number of rotatable bonds is 8. The predicted molar refractivity (Wildman–Crippen MR) is 169 cm³/mol. The number of nitrogens with one attached hydrogen (secondary N) is 2. The summed E-state index contributed by atoms with van der Waals surface area (Å²) in [6.07, 6.45) is 7.68. The van der Waals surface area contributed by atoms with Crippen molar-refractivity contribution in [1.82, 2.24) is 15.1 Å². The molecule has 5 rings (SSSR count). The first-order chi connectivity index (χ1) is 20.1. The summed E-state index contributed by atoms with van der Waals surface area (Å²) in [6, 6.07) is 28.6. The van der Waals surface area contributed by atoms with Gasteiger partial charge < -0.3 is 15.5 Å². The predicted octanol–water partition coefficient (Wildman–Crippen LogP) is 6.41. The van der Waals surface area contributed by atoms with Gasteiger partial charge in [0.25, 0.3) is 5.91 Å². The third-order valence-electron chi connectivity index (χ3n) is 8.36. The molecular weight excluding hydrogens is 528 g/mol. The van der Waals surface area contributed by atoms with Crippen molar-refractivity contribution in [1.29, 1.82) is 0 Å². The Balaban J connectivity index is 1.18. The SMILES string of the molecule is O=C(CCC1CCCCC1)NC(=S)Nc1ccccc1C(=O)N1CCN(C(c2ccccc2)c2ccccc2)CC1. The van der Waals surface area contributed by atoms with E-state index >= 15 is 0 Å². The molecule has 2 N–H and O–H groups in total. The molecule has 3 aromatic rings. The van der Waals surface area contributed by atoms with Crippen LogP contribution in [0.2, 0.25) is 0 Å². The molecule has 0 aromatic heterocycles. The van der Waals surface area contributed by atoms with Gasteiger partial charge in [-0.2, -0.15) is 0 Å². The van der Waals surface area contributed by atoms with Crippen LogP contribution in [0.1, 0.15) is 72.5 Å². The minimum absolute atomic E-state index is 0.0323. The summed E-state index contributed by atoms with van der Waals surface area (Å²) in [5, 5.41) is 6.16. The van der Waals surface area contributed by atoms with Crippen LogP contribution in [0.3, 0.4) is 0 Å². The van der Waals surface area contributed by atoms with Gasteiger partial charge in [-0.25, -0.2) is 0 Å². The Labute approximate surface area is 249 Å². The number of carbonyl (C=O) groups is 2. The van der Waals surface area contributed by atoms with Gasteiger partial charge in [-0.05, 0) is 47.8 Å². The van der Waals surface area contributed by atoms with Gasteiger partial charge in [0.15, 0.2) is 5.11 Å². The van der Waals surface area contributed by atoms with E-state index in [0.29, 0.717) is 36.7 Å². The molecule has 41 heavy (non-hydrogen) atoms. The normalized spacial score (nSPS) is 16.4. The second-order valence-electron chi connectivity index (χ2n) is 11.1. The molecule has 0 spiro atoms. The maximum Gasteiger partial charge on any atom is 0.256 e. The lowest BCUT2D eigenvalue weighted by Gasteiger charge is -2.40. The third-order valence-corrected chi connectivity index (χ3v) is 8.56. The average molecular weight is 569 g/mol. The second kappa shape index (κ2) is 14.4. The first-order valence-corrected chi connectivity index (χ1v) is 15.3. The molecule has 214 valence electrons. The third kappa shape index (κ3) is 7.80. The standard InChI is InChI=1S/C34H40N4O2S/c39-31(21-20-26-12-4-1-5-13-26)36-34(41)35-30-19-11-10-18-29(30)33(40)38-24-22-37(23-25-38)32(27-14-6-2-7-15-27)28-16-8-3-9-17-28/h2-3,6-11,14-19,26,32H,1,4-5,12-13,20-25H2,(H2,35,36,39,41). The largest absolute Gasteiger partial charge is 0.336 e. The van der Waals surface area contributed by atoms with Crippen molar-refractivity contribution in [2.24, 2.45) is 5.92 Å². The summed E-state index contributed by atoms with van der Waals surface area (Å²) in [6.45, 7) is 2.80. The molecule has 3 aromatic carbocycles. The van der Waals surface area contributed by atoms with Gasteiger partial charge in [0.05, 0.1) is 17.3 Å². The van der Waals surface area contributed by atoms with Crippen molar-refractivity contribution in [3.8, 4) is 0 Å². The Morgan fingerprint density at radius 2 is 1.37 bits per heavy atom. The van der Waals surface area contributed by atoms with Gasteiger partial charge in [-0.15, -0.1) is 0 Å². The maximum absolute atomic E-state index is 13.7. The number of carbonyl (C=O) groups excluding carboxylic acids is 2. The number of thiocarbonyl (C=S) groups is 1. The fourth-order valence-electron chi connectivity index (χ4n) is 6.17. The van der Waals surface area contributed by atoms with E-state index in [1.807, 2.05) is 41.3 Å². The Hall–Kier alpha value is -3.55. The van der Waals surface area contributed by atoms with Crippen molar-refractivity contribution >= 4 is 34.8 Å². The lowest BCUT2D eigenvalue weighted by Crippen LogP contribution is -2.50. The number of nitrogens with zero attached hydrogens (tertiary/aromatic N) is 2. The molecular formula is C34H40N4O2S. The molecule has 6 nitrogen and oxygen atoms in total. The minimum atomic E-state index is -0.0700. The summed E-state index contributed by atoms with van der Waals surface area (Å²) in [5.41, 5.74) is 3.68. The number of para-hydroxylation sites is 1. The van der Waals surface area contributed by atoms with E-state index in [1.165, 1.54) is 43.2 Å². The number of benzene rings is 3. The van der Waals surface area contributed by atoms with Crippen LogP contribution >= 0.6 is 12.2 Å². The van der Waals surface area contributed by atoms with Crippen LogP contribution in [0.4, 0.5) is 5.69 Å². The number of hydrogen-bond acceptors (Lipinski definition) is 4. The first-order valence-electron chi connectivity index (χ1n) is 14.9. The van der Waals surface area contributed by atoms with Crippen LogP contribution in [-0.4, -0.2) is 52.9 Å². The van der Waals surface area contributed by atoms with E-state index in [4.69, 9.17) is 12.2 Å². The Morgan fingerprint density at radius 3 is 2.00 bits per heavy atom. The van der Waals surface area contributed by atoms with Crippen molar-refractivity contribution < 1.29 is 9.59 Å². The number of amides is 2. The molecule has 0 atom stereocenters. The van der Waals surface area contributed by atoms with Gasteiger partial charge in [0, 0.05) is 32.6 Å². The topological polar surface area (TPSA) is 64.7 Å². The van der Waals surface area contributed by atoms with Crippen LogP contribution in [0, 0.1) is 5.92 Å². The highest BCUT2D eigenvalue weighted by Gasteiger charge is 2.29. The molecule has 1 heterocycles. The zero-order valence-electron chi connectivity index (χ0n) is 23.6. The zero-order valence-corrected chi connectivity index (χ0v) is 24.5. The van der Waals surface area contributed by atoms with E-state index in [2.05, 4.69) is 64.1 Å². The van der Waals surface area contributed by atoms with Crippen molar-refractivity contribution in [2.45, 2.75) is 51.0 Å². The Morgan fingerprint density at radius 1 is 0.780 bits per heavy atom. The minimum Gasteiger partial charge on any atom is -0.336 e. The molecule has 2 fully saturated rings. The Bertz CT molecular complexity index is 1260. The number of piperazine rings is 1. The first kappa shape index (κ1) is 29.0. The van der Waals surface area contributed by atoms with Gasteiger partial charge in [0.2, 0.25) is 5.91 Å². The Kier molecular flexibility index (Phi) is 10.2. The maximum atomic E-state index is 13.7. The van der Waals surface area contributed by atoms with E-state index in [1.54, 1.807) is 0 Å². The fraction of sp³-hybridized carbons (Fsp3) is 0.382. The summed E-state index contributed by atoms with van der Waals surface area (Å²) in [5.74, 6) is 0.542. The molecule has 1 saturated heterocycles. The summed E-state index contributed by atoms with van der Waals surface area (Å²) in [7, 11) is 0. The smallest absolute Gasteiger partial charge is 0.256 e. The number of anilines is 1. The van der Waals surface area contributed by atoms with Gasteiger partial charge in [0.1, 0.15) is 0 Å². The van der Waals surface area contributed by atoms with Crippen LogP contribution < -0.4 is 10.6 Å². The number of hydrogen-bond donors (Lipinski definition) is 2. The second-order valence-corrected chi connectivity index (χ2v) is 11.6. The van der Waals surface area contributed by atoms with E-state index < -0.39 is 0 Å². The molecule has 1 saturated carbocycles. The van der Waals surface area contributed by atoms with Crippen molar-refractivity contribution in [3.05, 3.63) is 102 Å². The van der Waals surface area contributed by atoms with Crippen LogP contribution in [0.5, 0.6) is 0 Å². The van der Waals surface area contributed by atoms with E-state index in [-0.39, 0.29) is 23.0 Å². The van der Waals surface area contributed by atoms with Crippen molar-refractivity contribution in [3.63, 3.8) is 0 Å². The van der Waals surface area contributed by atoms with Crippen molar-refractivity contribution in [2.75, 3.05) is 31.5 Å². The van der Waals surface area contributed by atoms with E-state index in [0.717, 1.165) is 19.5 Å². The highest BCUT2D eigenvalue weighted by atomic mass is 32.1. The lowest BCUT2D eigenvalue weighted by atomic mass is 9.86. The summed E-state index contributed by atoms with van der Waals surface area (Å²) < 4.78 is 0. The fourth-order valence-corrected chi connectivity index (χ4v) is 6.39. The summed E-state index contributed by atoms with van der Waals surface area (Å²) in [4.78, 5) is 30.5. The van der Waals surface area contributed by atoms with Crippen LogP contribution in [0.25, 0.3) is 0 Å². The highest BCUT2D eigenvalue weighted by Crippen LogP contribution is 2.30. The van der Waals surface area contributed by atoms with Crippen LogP contribution in [-0.2, 0) is 4.79 Å². The molecule has 0 radical (unpaired) electrons. The summed E-state index contributed by atoms with van der Waals surface area (Å²) >= 11 is 5.45. The molecule has 7 heteroatoms. The monoisotopic (exact) mass is 568 g/mol.